The van der Waals surface area contributed by atoms with E-state index in [9.17, 15) is 27.4 Å². The quantitative estimate of drug-likeness (QED) is 0.215. The lowest BCUT2D eigenvalue weighted by Crippen LogP contribution is -2.50. The van der Waals surface area contributed by atoms with Crippen LogP contribution in [0.2, 0.25) is 0 Å². The third kappa shape index (κ3) is 5.18. The molecule has 4 aliphatic carbocycles. The van der Waals surface area contributed by atoms with Crippen LogP contribution >= 0.6 is 0 Å². The number of fused-ring (bicyclic) bond motifs is 2. The lowest BCUT2D eigenvalue weighted by Gasteiger charge is -2.55. The molecule has 1 N–H and O–H groups in total. The van der Waals surface area contributed by atoms with Gasteiger partial charge in [0.2, 0.25) is 0 Å². The van der Waals surface area contributed by atoms with Crippen LogP contribution in [0.3, 0.4) is 0 Å². The third-order valence-corrected chi connectivity index (χ3v) is 10.7. The first-order valence-corrected chi connectivity index (χ1v) is 16.5. The summed E-state index contributed by atoms with van der Waals surface area (Å²) < 4.78 is 57.8. The molecule has 43 heavy (non-hydrogen) atoms. The Morgan fingerprint density at radius 3 is 2.00 bits per heavy atom. The van der Waals surface area contributed by atoms with E-state index in [2.05, 4.69) is 0 Å². The first-order chi connectivity index (χ1) is 20.2. The van der Waals surface area contributed by atoms with Crippen LogP contribution in [0.5, 0.6) is 5.75 Å². The van der Waals surface area contributed by atoms with E-state index in [-0.39, 0.29) is 68.8 Å². The Morgan fingerprint density at radius 2 is 1.51 bits per heavy atom. The summed E-state index contributed by atoms with van der Waals surface area (Å²) in [4.78, 5) is 40.3. The molecule has 4 saturated carbocycles. The van der Waals surface area contributed by atoms with Gasteiger partial charge in [-0.1, -0.05) is 27.7 Å². The number of cyclic esters (lactones) is 1. The first-order valence-electron chi connectivity index (χ1n) is 15.1. The molecule has 11 heteroatoms. The van der Waals surface area contributed by atoms with Gasteiger partial charge in [0.05, 0.1) is 5.41 Å². The SMILES string of the molecule is Cc1oc2c(C(=O)Oc3cc(C(C)C)c(S(=O)(=O)O)c(C(C)C)c3)c1C(=O)OCC2OC(=O)C12CC3CC(CC(C3)C1)C2. The number of carbonyl (C=O) groups excluding carboxylic acids is 3. The Morgan fingerprint density at radius 1 is 0.977 bits per heavy atom. The van der Waals surface area contributed by atoms with Crippen molar-refractivity contribution in [1.82, 2.24) is 0 Å². The van der Waals surface area contributed by atoms with Crippen LogP contribution in [0.15, 0.2) is 21.4 Å². The van der Waals surface area contributed by atoms with Crippen LogP contribution < -0.4 is 4.74 Å². The van der Waals surface area contributed by atoms with Crippen molar-refractivity contribution in [1.29, 1.82) is 0 Å². The number of esters is 3. The van der Waals surface area contributed by atoms with E-state index in [0.29, 0.717) is 17.8 Å². The molecular formula is C32H38O10S. The number of aryl methyl sites for hydroxylation is 1. The van der Waals surface area contributed by atoms with Gasteiger partial charge in [-0.3, -0.25) is 9.35 Å². The second-order valence-corrected chi connectivity index (χ2v) is 14.9. The number of benzene rings is 1. The molecule has 1 aromatic carbocycles. The minimum Gasteiger partial charge on any atom is -0.460 e. The smallest absolute Gasteiger partial charge is 0.348 e. The monoisotopic (exact) mass is 614 g/mol. The van der Waals surface area contributed by atoms with Gasteiger partial charge in [-0.25, -0.2) is 9.59 Å². The number of rotatable bonds is 7. The van der Waals surface area contributed by atoms with E-state index >= 15 is 0 Å². The van der Waals surface area contributed by atoms with Gasteiger partial charge in [0.1, 0.15) is 34.1 Å². The minimum absolute atomic E-state index is 0.0100. The summed E-state index contributed by atoms with van der Waals surface area (Å²) in [5.74, 6) is -1.00. The molecular weight excluding hydrogens is 576 g/mol. The highest BCUT2D eigenvalue weighted by atomic mass is 32.2. The van der Waals surface area contributed by atoms with Crippen molar-refractivity contribution in [2.24, 2.45) is 23.2 Å². The molecule has 2 aromatic rings. The van der Waals surface area contributed by atoms with E-state index in [4.69, 9.17) is 18.6 Å². The Labute approximate surface area is 251 Å². The standard InChI is InChI=1S/C32H38O10S/c1-15(2)22-9-21(10-23(16(3)4)28(22)43(36,37)38)41-30(34)26-25-17(5)40-27(26)24(14-39-29(25)33)42-31(35)32-11-18-6-19(12-32)8-20(7-18)13-32/h9-10,15-16,18-20,24H,6-8,11-14H2,1-5H3,(H,36,37,38). The van der Waals surface area contributed by atoms with E-state index in [0.717, 1.165) is 38.5 Å². The Hall–Kier alpha value is -3.18. The van der Waals surface area contributed by atoms with E-state index in [1.807, 2.05) is 0 Å². The highest BCUT2D eigenvalue weighted by Gasteiger charge is 2.56. The Kier molecular flexibility index (Phi) is 7.27. The molecule has 1 unspecified atom stereocenters. The second-order valence-electron chi connectivity index (χ2n) is 13.6. The number of hydrogen-bond acceptors (Lipinski definition) is 9. The fraction of sp³-hybridized carbons (Fsp3) is 0.594. The maximum absolute atomic E-state index is 13.8. The molecule has 1 aliphatic heterocycles. The van der Waals surface area contributed by atoms with Gasteiger partial charge >= 0.3 is 17.9 Å². The zero-order valence-electron chi connectivity index (χ0n) is 25.1. The summed E-state index contributed by atoms with van der Waals surface area (Å²) in [5.41, 5.74) is -0.279. The molecule has 1 aromatic heterocycles. The normalized spacial score (nSPS) is 27.8. The number of hydrogen-bond donors (Lipinski definition) is 1. The van der Waals surface area contributed by atoms with Crippen molar-refractivity contribution in [2.75, 3.05) is 6.61 Å². The van der Waals surface area contributed by atoms with Gasteiger partial charge in [-0.15, -0.1) is 0 Å². The van der Waals surface area contributed by atoms with Gasteiger partial charge in [-0.2, -0.15) is 8.42 Å². The molecule has 4 fully saturated rings. The van der Waals surface area contributed by atoms with Crippen molar-refractivity contribution in [3.05, 3.63) is 45.9 Å². The highest BCUT2D eigenvalue weighted by molar-refractivity contribution is 7.86. The number of ether oxygens (including phenoxy) is 3. The largest absolute Gasteiger partial charge is 0.460 e. The molecule has 0 radical (unpaired) electrons. The molecule has 6 bridgehead atoms. The minimum atomic E-state index is -4.57. The van der Waals surface area contributed by atoms with Gasteiger partial charge in [0, 0.05) is 0 Å². The molecule has 1 atom stereocenters. The number of furan rings is 1. The average Bonchev–Trinajstić information content (AvgIpc) is 3.18. The van der Waals surface area contributed by atoms with Crippen molar-refractivity contribution in [3.8, 4) is 5.75 Å². The van der Waals surface area contributed by atoms with E-state index < -0.39 is 33.6 Å². The average molecular weight is 615 g/mol. The van der Waals surface area contributed by atoms with Crippen molar-refractivity contribution in [3.63, 3.8) is 0 Å². The molecule has 232 valence electrons. The highest BCUT2D eigenvalue weighted by Crippen LogP contribution is 2.60. The Bertz CT molecular complexity index is 1550. The number of carbonyl (C=O) groups is 3. The molecule has 7 rings (SSSR count). The zero-order chi connectivity index (χ0) is 31.0. The van der Waals surface area contributed by atoms with E-state index in [1.54, 1.807) is 27.7 Å². The van der Waals surface area contributed by atoms with Crippen molar-refractivity contribution < 1.29 is 46.0 Å². The summed E-state index contributed by atoms with van der Waals surface area (Å²) in [7, 11) is -4.57. The van der Waals surface area contributed by atoms with E-state index in [1.165, 1.54) is 19.1 Å². The fourth-order valence-corrected chi connectivity index (χ4v) is 9.45. The van der Waals surface area contributed by atoms with Crippen LogP contribution in [0, 0.1) is 30.1 Å². The van der Waals surface area contributed by atoms with Gasteiger partial charge in [-0.05, 0) is 98.3 Å². The van der Waals surface area contributed by atoms with Crippen LogP contribution in [0.1, 0.15) is 128 Å². The summed E-state index contributed by atoms with van der Waals surface area (Å²) >= 11 is 0. The lowest BCUT2D eigenvalue weighted by atomic mass is 9.49. The molecule has 0 saturated heterocycles. The van der Waals surface area contributed by atoms with Crippen molar-refractivity contribution in [2.45, 2.75) is 96.0 Å². The van der Waals surface area contributed by atoms with Gasteiger partial charge in [0.15, 0.2) is 11.9 Å². The summed E-state index contributed by atoms with van der Waals surface area (Å²) in [6.45, 7) is 8.27. The molecule has 2 heterocycles. The third-order valence-electron chi connectivity index (χ3n) is 9.73. The zero-order valence-corrected chi connectivity index (χ0v) is 25.9. The maximum Gasteiger partial charge on any atom is 0.348 e. The molecule has 0 amide bonds. The molecule has 0 spiro atoms. The maximum atomic E-state index is 13.8. The molecule has 10 nitrogen and oxygen atoms in total. The predicted octanol–water partition coefficient (Wildman–Crippen LogP) is 6.27. The first kappa shape index (κ1) is 29.9. The summed E-state index contributed by atoms with van der Waals surface area (Å²) in [5, 5.41) is 0. The van der Waals surface area contributed by atoms with Crippen LogP contribution in [0.25, 0.3) is 0 Å². The van der Waals surface area contributed by atoms with Crippen LogP contribution in [0.4, 0.5) is 0 Å². The summed E-state index contributed by atoms with van der Waals surface area (Å²) in [6, 6.07) is 2.79. The Balaban J connectivity index is 1.33. The molecule has 5 aliphatic rings. The second kappa shape index (κ2) is 10.5. The lowest BCUT2D eigenvalue weighted by molar-refractivity contribution is -0.180. The summed E-state index contributed by atoms with van der Waals surface area (Å²) in [6.07, 6.45) is 4.72. The fourth-order valence-electron chi connectivity index (χ4n) is 8.26. The van der Waals surface area contributed by atoms with Crippen molar-refractivity contribution >= 4 is 28.0 Å². The van der Waals surface area contributed by atoms with Crippen LogP contribution in [-0.2, 0) is 24.4 Å². The van der Waals surface area contributed by atoms with Gasteiger partial charge < -0.3 is 18.6 Å². The van der Waals surface area contributed by atoms with Gasteiger partial charge in [0.25, 0.3) is 10.1 Å². The predicted molar refractivity (Wildman–Crippen MR) is 153 cm³/mol. The topological polar surface area (TPSA) is 146 Å². The van der Waals surface area contributed by atoms with Crippen LogP contribution in [-0.4, -0.2) is 37.5 Å².